The van der Waals surface area contributed by atoms with Crippen molar-refractivity contribution in [2.45, 2.75) is 84.5 Å². The summed E-state index contributed by atoms with van der Waals surface area (Å²) in [6.45, 7) is 7.72. The predicted molar refractivity (Wildman–Crippen MR) is 132 cm³/mol. The first-order valence-electron chi connectivity index (χ1n) is 12.2. The van der Waals surface area contributed by atoms with E-state index in [1.807, 2.05) is 58.0 Å². The van der Waals surface area contributed by atoms with Crippen LogP contribution in [0.15, 0.2) is 30.3 Å². The number of carbonyl (C=O) groups is 3. The molecule has 3 atom stereocenters. The fraction of sp³-hybridized carbons (Fsp3) is 0.593. The Balaban J connectivity index is 1.97. The highest BCUT2D eigenvalue weighted by atomic mass is 16.5. The Kier molecular flexibility index (Phi) is 10.9. The summed E-state index contributed by atoms with van der Waals surface area (Å²) >= 11 is 0. The molecular weight excluding hydrogens is 430 g/mol. The van der Waals surface area contributed by atoms with Crippen LogP contribution in [0.1, 0.15) is 65.4 Å². The van der Waals surface area contributed by atoms with Crippen LogP contribution in [0.4, 0.5) is 4.79 Å². The van der Waals surface area contributed by atoms with Crippen LogP contribution in [0.2, 0.25) is 0 Å². The number of hydrogen-bond acceptors (Lipinski definition) is 4. The van der Waals surface area contributed by atoms with Crippen molar-refractivity contribution in [1.82, 2.24) is 16.0 Å². The minimum absolute atomic E-state index is 0.103. The molecule has 3 amide bonds. The van der Waals surface area contributed by atoms with Gasteiger partial charge in [0.2, 0.25) is 11.8 Å². The van der Waals surface area contributed by atoms with Gasteiger partial charge < -0.3 is 20.7 Å². The van der Waals surface area contributed by atoms with Crippen molar-refractivity contribution in [2.24, 2.45) is 17.8 Å². The van der Waals surface area contributed by atoms with E-state index in [1.54, 1.807) is 0 Å². The number of benzene rings is 1. The van der Waals surface area contributed by atoms with Crippen LogP contribution in [-0.4, -0.2) is 36.0 Å². The molecule has 1 aromatic rings. The van der Waals surface area contributed by atoms with E-state index in [9.17, 15) is 14.4 Å². The molecule has 1 aliphatic carbocycles. The molecule has 0 saturated heterocycles. The van der Waals surface area contributed by atoms with Crippen LogP contribution in [-0.2, 0) is 20.9 Å². The first-order valence-corrected chi connectivity index (χ1v) is 12.2. The highest BCUT2D eigenvalue weighted by Crippen LogP contribution is 2.30. The molecule has 34 heavy (non-hydrogen) atoms. The van der Waals surface area contributed by atoms with Crippen molar-refractivity contribution in [2.75, 3.05) is 0 Å². The van der Waals surface area contributed by atoms with E-state index in [4.69, 9.17) is 11.2 Å². The van der Waals surface area contributed by atoms with E-state index < -0.39 is 24.1 Å². The third kappa shape index (κ3) is 9.09. The van der Waals surface area contributed by atoms with Gasteiger partial charge in [-0.3, -0.25) is 9.59 Å². The summed E-state index contributed by atoms with van der Waals surface area (Å²) in [6.07, 6.45) is 9.67. The lowest BCUT2D eigenvalue weighted by Gasteiger charge is -2.30. The molecule has 1 aliphatic rings. The summed E-state index contributed by atoms with van der Waals surface area (Å²) in [7, 11) is 0. The number of terminal acetylenes is 1. The Morgan fingerprint density at radius 1 is 1.03 bits per heavy atom. The molecule has 0 unspecified atom stereocenters. The molecule has 7 nitrogen and oxygen atoms in total. The molecule has 0 spiro atoms. The molecule has 0 bridgehead atoms. The van der Waals surface area contributed by atoms with Crippen molar-refractivity contribution in [1.29, 1.82) is 0 Å². The van der Waals surface area contributed by atoms with Crippen LogP contribution in [0.3, 0.4) is 0 Å². The average molecular weight is 470 g/mol. The Labute approximate surface area is 203 Å². The topological polar surface area (TPSA) is 96.5 Å². The summed E-state index contributed by atoms with van der Waals surface area (Å²) in [5.74, 6) is 2.47. The van der Waals surface area contributed by atoms with Gasteiger partial charge in [-0.2, -0.15) is 0 Å². The fourth-order valence-corrected chi connectivity index (χ4v) is 3.89. The Hall–Kier alpha value is -3.01. The minimum atomic E-state index is -0.843. The number of ether oxygens (including phenoxy) is 1. The molecule has 0 aromatic heterocycles. The molecule has 0 radical (unpaired) electrons. The third-order valence-corrected chi connectivity index (χ3v) is 6.09. The van der Waals surface area contributed by atoms with Crippen molar-refractivity contribution in [3.8, 4) is 12.3 Å². The first-order chi connectivity index (χ1) is 16.2. The van der Waals surface area contributed by atoms with E-state index >= 15 is 0 Å². The second kappa shape index (κ2) is 13.6. The van der Waals surface area contributed by atoms with Crippen molar-refractivity contribution in [3.05, 3.63) is 35.9 Å². The molecule has 1 fully saturated rings. The number of amides is 3. The molecule has 0 heterocycles. The molecule has 3 N–H and O–H groups in total. The number of alkyl carbamates (subject to hydrolysis) is 1. The zero-order valence-corrected chi connectivity index (χ0v) is 20.8. The summed E-state index contributed by atoms with van der Waals surface area (Å²) < 4.78 is 5.26. The summed E-state index contributed by atoms with van der Waals surface area (Å²) in [6, 6.07) is 7.36. The summed E-state index contributed by atoms with van der Waals surface area (Å²) in [5.41, 5.74) is 0.849. The number of rotatable bonds is 12. The third-order valence-electron chi connectivity index (χ3n) is 6.09. The lowest BCUT2D eigenvalue weighted by molar-refractivity contribution is -0.131. The molecule has 1 saturated carbocycles. The maximum Gasteiger partial charge on any atom is 0.408 e. The normalized spacial score (nSPS) is 16.0. The second-order valence-electron chi connectivity index (χ2n) is 9.88. The van der Waals surface area contributed by atoms with Gasteiger partial charge in [-0.05, 0) is 36.2 Å². The fourth-order valence-electron chi connectivity index (χ4n) is 3.89. The number of nitrogens with one attached hydrogen (secondary N) is 3. The lowest BCUT2D eigenvalue weighted by atomic mass is 9.81. The van der Waals surface area contributed by atoms with E-state index in [0.29, 0.717) is 12.3 Å². The smallest absolute Gasteiger partial charge is 0.408 e. The highest BCUT2D eigenvalue weighted by molar-refractivity contribution is 5.91. The average Bonchev–Trinajstić information content (AvgIpc) is 2.77. The molecule has 7 heteroatoms. The van der Waals surface area contributed by atoms with Gasteiger partial charge in [0.05, 0.1) is 6.04 Å². The van der Waals surface area contributed by atoms with Gasteiger partial charge in [0, 0.05) is 0 Å². The lowest BCUT2D eigenvalue weighted by Crippen LogP contribution is -2.56. The van der Waals surface area contributed by atoms with Gasteiger partial charge in [-0.25, -0.2) is 4.79 Å². The van der Waals surface area contributed by atoms with E-state index in [1.165, 1.54) is 6.42 Å². The molecule has 0 aliphatic heterocycles. The zero-order chi connectivity index (χ0) is 25.1. The molecule has 186 valence electrons. The van der Waals surface area contributed by atoms with Gasteiger partial charge in [-0.15, -0.1) is 6.42 Å². The number of hydrogen-bond donors (Lipinski definition) is 3. The maximum atomic E-state index is 13.1. The Bertz CT molecular complexity index is 843. The van der Waals surface area contributed by atoms with Gasteiger partial charge in [0.15, 0.2) is 0 Å². The largest absolute Gasteiger partial charge is 0.445 e. The minimum Gasteiger partial charge on any atom is -0.445 e. The van der Waals surface area contributed by atoms with Crippen LogP contribution in [0, 0.1) is 30.1 Å². The van der Waals surface area contributed by atoms with E-state index in [2.05, 4.69) is 21.9 Å². The number of carbonyl (C=O) groups excluding carboxylic acids is 3. The Morgan fingerprint density at radius 3 is 2.24 bits per heavy atom. The van der Waals surface area contributed by atoms with Crippen molar-refractivity contribution >= 4 is 17.9 Å². The summed E-state index contributed by atoms with van der Waals surface area (Å²) in [4.78, 5) is 38.4. The van der Waals surface area contributed by atoms with Gasteiger partial charge >= 0.3 is 6.09 Å². The van der Waals surface area contributed by atoms with Crippen LogP contribution < -0.4 is 16.0 Å². The van der Waals surface area contributed by atoms with Crippen molar-refractivity contribution < 1.29 is 19.1 Å². The van der Waals surface area contributed by atoms with Crippen LogP contribution in [0.5, 0.6) is 0 Å². The van der Waals surface area contributed by atoms with Gasteiger partial charge in [-0.1, -0.05) is 83.2 Å². The van der Waals surface area contributed by atoms with Gasteiger partial charge in [0.25, 0.3) is 0 Å². The van der Waals surface area contributed by atoms with E-state index in [0.717, 1.165) is 24.8 Å². The highest BCUT2D eigenvalue weighted by Gasteiger charge is 2.31. The van der Waals surface area contributed by atoms with E-state index in [-0.39, 0.29) is 30.4 Å². The first kappa shape index (κ1) is 27.2. The van der Waals surface area contributed by atoms with Gasteiger partial charge in [0.1, 0.15) is 18.7 Å². The molecule has 1 aromatic carbocycles. The SMILES string of the molecule is C#C[C@H](CC1CCC1)NC(=O)[C@H](CC(C)C)NC(=O)[C@@H](NC(=O)OCc1ccccc1)C(C)C. The second-order valence-corrected chi connectivity index (χ2v) is 9.88. The Morgan fingerprint density at radius 2 is 1.71 bits per heavy atom. The van der Waals surface area contributed by atoms with Crippen molar-refractivity contribution in [3.63, 3.8) is 0 Å². The van der Waals surface area contributed by atoms with Crippen LogP contribution >= 0.6 is 0 Å². The standard InChI is InChI=1S/C27H39N3O4/c1-6-22(16-20-13-10-14-20)28-25(31)23(15-18(2)3)29-26(32)24(19(4)5)30-27(33)34-17-21-11-8-7-9-12-21/h1,7-9,11-12,18-20,22-24H,10,13-17H2,2-5H3,(H,28,31)(H,29,32)(H,30,33)/t22-,23+,24+/m1/s1. The molecule has 2 rings (SSSR count). The molecular formula is C27H39N3O4. The summed E-state index contributed by atoms with van der Waals surface area (Å²) in [5, 5.41) is 8.39. The zero-order valence-electron chi connectivity index (χ0n) is 20.8. The predicted octanol–water partition coefficient (Wildman–Crippen LogP) is 3.78. The maximum absolute atomic E-state index is 13.1. The quantitative estimate of drug-likeness (QED) is 0.406. The van der Waals surface area contributed by atoms with Crippen LogP contribution in [0.25, 0.3) is 0 Å². The monoisotopic (exact) mass is 469 g/mol.